The van der Waals surface area contributed by atoms with Gasteiger partial charge in [0.15, 0.2) is 11.5 Å². The molecule has 180 valence electrons. The van der Waals surface area contributed by atoms with E-state index in [-0.39, 0.29) is 18.3 Å². The number of aliphatic hydroxyl groups is 1. The van der Waals surface area contributed by atoms with Crippen LogP contribution in [0, 0.1) is 13.8 Å². The normalized spacial score (nSPS) is 14.9. The minimum Gasteiger partial charge on any atom is -0.507 e. The fraction of sp³-hybridized carbons (Fsp3) is 0.360. The van der Waals surface area contributed by atoms with Gasteiger partial charge >= 0.3 is 0 Å². The second-order valence-corrected chi connectivity index (χ2v) is 8.27. The van der Waals surface area contributed by atoms with Gasteiger partial charge < -0.3 is 29.3 Å². The van der Waals surface area contributed by atoms with Crippen molar-refractivity contribution < 1.29 is 29.2 Å². The van der Waals surface area contributed by atoms with E-state index in [9.17, 15) is 15.0 Å². The van der Waals surface area contributed by atoms with Gasteiger partial charge in [-0.15, -0.1) is 0 Å². The lowest BCUT2D eigenvalue weighted by Crippen LogP contribution is -2.31. The van der Waals surface area contributed by atoms with Crippen molar-refractivity contribution in [2.24, 2.45) is 0 Å². The first-order valence-corrected chi connectivity index (χ1v) is 11.0. The van der Waals surface area contributed by atoms with E-state index in [1.165, 1.54) is 21.3 Å². The van der Waals surface area contributed by atoms with Crippen molar-refractivity contribution in [2.75, 3.05) is 34.5 Å². The van der Waals surface area contributed by atoms with Crippen molar-refractivity contribution in [3.8, 4) is 34.3 Å². The summed E-state index contributed by atoms with van der Waals surface area (Å²) in [5.41, 5.74) is 4.57. The van der Waals surface area contributed by atoms with E-state index in [2.05, 4.69) is 10.2 Å². The number of fused-ring (bicyclic) bond motifs is 1. The Morgan fingerprint density at radius 3 is 2.29 bits per heavy atom. The molecule has 3 aromatic rings. The number of phenolic OH excluding ortho intramolecular Hbond substituents is 1. The summed E-state index contributed by atoms with van der Waals surface area (Å²) in [5, 5.41) is 27.6. The number of benzene rings is 2. The zero-order valence-corrected chi connectivity index (χ0v) is 19.9. The van der Waals surface area contributed by atoms with Crippen molar-refractivity contribution in [1.82, 2.24) is 15.1 Å². The lowest BCUT2D eigenvalue weighted by atomic mass is 9.92. The molecule has 0 fully saturated rings. The van der Waals surface area contributed by atoms with E-state index < -0.39 is 6.04 Å². The lowest BCUT2D eigenvalue weighted by molar-refractivity contribution is 0.0731. The van der Waals surface area contributed by atoms with Crippen molar-refractivity contribution >= 4 is 5.91 Å². The molecule has 2 heterocycles. The number of nitrogens with zero attached hydrogens (tertiary/aromatic N) is 2. The van der Waals surface area contributed by atoms with E-state index in [0.29, 0.717) is 52.7 Å². The fourth-order valence-electron chi connectivity index (χ4n) is 4.72. The molecule has 0 radical (unpaired) electrons. The van der Waals surface area contributed by atoms with Crippen LogP contribution in [0.5, 0.6) is 23.0 Å². The smallest absolute Gasteiger partial charge is 0.273 e. The van der Waals surface area contributed by atoms with Gasteiger partial charge in [0.25, 0.3) is 5.91 Å². The maximum Gasteiger partial charge on any atom is 0.273 e. The second kappa shape index (κ2) is 9.26. The lowest BCUT2D eigenvalue weighted by Gasteiger charge is -2.27. The summed E-state index contributed by atoms with van der Waals surface area (Å²) < 4.78 is 16.6. The Bertz CT molecular complexity index is 1190. The van der Waals surface area contributed by atoms with Crippen molar-refractivity contribution in [2.45, 2.75) is 26.3 Å². The molecule has 0 saturated carbocycles. The number of aliphatic hydroxyl groups excluding tert-OH is 1. The number of carbonyl (C=O) groups excluding carboxylic acids is 1. The molecule has 0 saturated heterocycles. The van der Waals surface area contributed by atoms with Crippen molar-refractivity contribution in [1.29, 1.82) is 0 Å². The first kappa shape index (κ1) is 23.4. The minimum atomic E-state index is -0.545. The van der Waals surface area contributed by atoms with Crippen LogP contribution in [0.4, 0.5) is 0 Å². The molecule has 1 atom stereocenters. The monoisotopic (exact) mass is 467 g/mol. The van der Waals surface area contributed by atoms with Crippen molar-refractivity contribution in [3.05, 3.63) is 52.2 Å². The Balaban J connectivity index is 1.97. The van der Waals surface area contributed by atoms with Gasteiger partial charge in [0, 0.05) is 24.3 Å². The number of ether oxygens (including phenoxy) is 3. The number of hydrogen-bond acceptors (Lipinski definition) is 7. The Labute approximate surface area is 197 Å². The maximum atomic E-state index is 13.4. The molecule has 1 aromatic heterocycles. The average Bonchev–Trinajstić information content (AvgIpc) is 3.34. The predicted molar refractivity (Wildman–Crippen MR) is 126 cm³/mol. The molecule has 0 spiro atoms. The molecule has 1 amide bonds. The van der Waals surface area contributed by atoms with Gasteiger partial charge in [0.1, 0.15) is 17.1 Å². The van der Waals surface area contributed by atoms with E-state index in [1.54, 1.807) is 23.1 Å². The summed E-state index contributed by atoms with van der Waals surface area (Å²) in [6.07, 6.45) is 0.411. The summed E-state index contributed by atoms with van der Waals surface area (Å²) in [7, 11) is 4.60. The molecule has 2 aromatic carbocycles. The first-order chi connectivity index (χ1) is 16.4. The number of aromatic amines is 1. The third-order valence-corrected chi connectivity index (χ3v) is 6.12. The summed E-state index contributed by atoms with van der Waals surface area (Å²) in [4.78, 5) is 15.1. The number of aromatic hydroxyl groups is 1. The molecule has 0 bridgehead atoms. The van der Waals surface area contributed by atoms with Gasteiger partial charge in [-0.3, -0.25) is 9.89 Å². The number of aromatic nitrogens is 2. The molecule has 3 N–H and O–H groups in total. The van der Waals surface area contributed by atoms with Crippen LogP contribution >= 0.6 is 0 Å². The number of rotatable bonds is 8. The summed E-state index contributed by atoms with van der Waals surface area (Å²) in [6, 6.07) is 6.71. The number of nitrogens with one attached hydrogen (secondary N) is 1. The minimum absolute atomic E-state index is 0.0529. The standard InChI is InChI=1S/C25H29N3O6/c1-13-9-14(2)19(16(30)10-13)21-20-22(27-26-21)25(31)28(7-6-8-29)23(20)15-11-17(32-3)24(34-5)18(12-15)33-4/h9-12,23,29-30H,6-8H2,1-5H3,(H,26,27). The average molecular weight is 468 g/mol. The number of carbonyl (C=O) groups is 1. The molecule has 1 aliphatic heterocycles. The molecule has 0 aliphatic carbocycles. The molecule has 1 aliphatic rings. The molecule has 4 rings (SSSR count). The van der Waals surface area contributed by atoms with Crippen LogP contribution in [0.15, 0.2) is 24.3 Å². The zero-order chi connectivity index (χ0) is 24.6. The van der Waals surface area contributed by atoms with Crippen LogP contribution < -0.4 is 14.2 Å². The third kappa shape index (κ3) is 3.71. The van der Waals surface area contributed by atoms with Crippen LogP contribution in [0.25, 0.3) is 11.3 Å². The summed E-state index contributed by atoms with van der Waals surface area (Å²) >= 11 is 0. The topological polar surface area (TPSA) is 117 Å². The van der Waals surface area contributed by atoms with Gasteiger partial charge in [-0.2, -0.15) is 5.10 Å². The van der Waals surface area contributed by atoms with Crippen LogP contribution in [0.1, 0.15) is 45.2 Å². The van der Waals surface area contributed by atoms with Crippen LogP contribution in [-0.2, 0) is 0 Å². The van der Waals surface area contributed by atoms with Gasteiger partial charge in [-0.1, -0.05) is 6.07 Å². The molecular weight excluding hydrogens is 438 g/mol. The number of hydrogen-bond donors (Lipinski definition) is 3. The highest BCUT2D eigenvalue weighted by molar-refractivity contribution is 6.00. The Hall–Kier alpha value is -3.72. The maximum absolute atomic E-state index is 13.4. The highest BCUT2D eigenvalue weighted by Crippen LogP contribution is 2.48. The third-order valence-electron chi connectivity index (χ3n) is 6.12. The quantitative estimate of drug-likeness (QED) is 0.465. The van der Waals surface area contributed by atoms with Crippen molar-refractivity contribution in [3.63, 3.8) is 0 Å². The summed E-state index contributed by atoms with van der Waals surface area (Å²) in [6.45, 7) is 4.09. The zero-order valence-electron chi connectivity index (χ0n) is 19.9. The molecule has 1 unspecified atom stereocenters. The van der Waals surface area contributed by atoms with Gasteiger partial charge in [0.2, 0.25) is 5.75 Å². The van der Waals surface area contributed by atoms with Crippen LogP contribution in [-0.4, -0.2) is 65.7 Å². The molecule has 9 nitrogen and oxygen atoms in total. The van der Waals surface area contributed by atoms with E-state index in [0.717, 1.165) is 16.7 Å². The number of amides is 1. The Kier molecular flexibility index (Phi) is 6.39. The number of methoxy groups -OCH3 is 3. The second-order valence-electron chi connectivity index (χ2n) is 8.27. The molecule has 34 heavy (non-hydrogen) atoms. The summed E-state index contributed by atoms with van der Waals surface area (Å²) in [5.74, 6) is 1.22. The molecule has 9 heteroatoms. The van der Waals surface area contributed by atoms with Crippen LogP contribution in [0.2, 0.25) is 0 Å². The van der Waals surface area contributed by atoms with Gasteiger partial charge in [-0.05, 0) is 55.2 Å². The number of phenols is 1. The van der Waals surface area contributed by atoms with E-state index in [1.807, 2.05) is 19.9 Å². The fourth-order valence-corrected chi connectivity index (χ4v) is 4.72. The largest absolute Gasteiger partial charge is 0.507 e. The highest BCUT2D eigenvalue weighted by Gasteiger charge is 2.43. The first-order valence-electron chi connectivity index (χ1n) is 11.0. The highest BCUT2D eigenvalue weighted by atomic mass is 16.5. The SMILES string of the molecule is COc1cc(C2c3c(-c4c(C)cc(C)cc4O)n[nH]c3C(=O)N2CCCO)cc(OC)c1OC. The Morgan fingerprint density at radius 1 is 1.06 bits per heavy atom. The van der Waals surface area contributed by atoms with Gasteiger partial charge in [-0.25, -0.2) is 0 Å². The van der Waals surface area contributed by atoms with E-state index >= 15 is 0 Å². The molecular formula is C25H29N3O6. The van der Waals surface area contributed by atoms with E-state index in [4.69, 9.17) is 14.2 Å². The van der Waals surface area contributed by atoms with Crippen LogP contribution in [0.3, 0.4) is 0 Å². The number of aryl methyl sites for hydroxylation is 2. The number of H-pyrrole nitrogens is 1. The Morgan fingerprint density at radius 2 is 1.74 bits per heavy atom. The van der Waals surface area contributed by atoms with Gasteiger partial charge in [0.05, 0.1) is 27.4 Å². The predicted octanol–water partition coefficient (Wildman–Crippen LogP) is 3.35.